The molecule has 0 radical (unpaired) electrons. The van der Waals surface area contributed by atoms with Crippen molar-refractivity contribution in [1.29, 1.82) is 0 Å². The van der Waals surface area contributed by atoms with Crippen LogP contribution in [0.1, 0.15) is 25.3 Å². The average molecular weight is 410 g/mol. The van der Waals surface area contributed by atoms with Gasteiger partial charge in [-0.2, -0.15) is 4.31 Å². The van der Waals surface area contributed by atoms with Crippen molar-refractivity contribution >= 4 is 27.3 Å². The van der Waals surface area contributed by atoms with Crippen LogP contribution in [0, 0.1) is 5.92 Å². The number of benzene rings is 1. The molecule has 6 nitrogen and oxygen atoms in total. The van der Waals surface area contributed by atoms with Crippen molar-refractivity contribution in [2.75, 3.05) is 19.7 Å². The van der Waals surface area contributed by atoms with Gasteiger partial charge in [-0.05, 0) is 37.3 Å². The number of piperidine rings is 1. The first-order chi connectivity index (χ1) is 13.0. The van der Waals surface area contributed by atoms with Crippen molar-refractivity contribution in [3.8, 4) is 5.75 Å². The van der Waals surface area contributed by atoms with Gasteiger partial charge in [-0.1, -0.05) is 24.3 Å². The predicted octanol–water partition coefficient (Wildman–Crippen LogP) is 3.29. The molecule has 0 saturated carbocycles. The highest BCUT2D eigenvalue weighted by atomic mass is 32.2. The monoisotopic (exact) mass is 409 g/mol. The Morgan fingerprint density at radius 2 is 1.93 bits per heavy atom. The number of hydrogen-bond acceptors (Lipinski definition) is 6. The summed E-state index contributed by atoms with van der Waals surface area (Å²) in [6, 6.07) is 10.8. The van der Waals surface area contributed by atoms with Crippen LogP contribution in [0.4, 0.5) is 0 Å². The van der Waals surface area contributed by atoms with Gasteiger partial charge in [0.25, 0.3) is 10.0 Å². The van der Waals surface area contributed by atoms with E-state index < -0.39 is 10.0 Å². The summed E-state index contributed by atoms with van der Waals surface area (Å²) in [5.74, 6) is 0.151. The smallest absolute Gasteiger partial charge is 0.309 e. The van der Waals surface area contributed by atoms with Crippen LogP contribution in [0.25, 0.3) is 0 Å². The summed E-state index contributed by atoms with van der Waals surface area (Å²) in [6.07, 6.45) is 0.938. The molecule has 8 heteroatoms. The van der Waals surface area contributed by atoms with Crippen LogP contribution >= 0.6 is 11.3 Å². The summed E-state index contributed by atoms with van der Waals surface area (Å²) in [5.41, 5.74) is 0.824. The summed E-state index contributed by atoms with van der Waals surface area (Å²) >= 11 is 1.21. The third kappa shape index (κ3) is 4.69. The molecule has 27 heavy (non-hydrogen) atoms. The minimum atomic E-state index is -3.45. The largest absolute Gasteiger partial charge is 0.493 e. The van der Waals surface area contributed by atoms with Crippen molar-refractivity contribution in [3.63, 3.8) is 0 Å². The third-order valence-electron chi connectivity index (χ3n) is 4.52. The lowest BCUT2D eigenvalue weighted by molar-refractivity contribution is -0.151. The van der Waals surface area contributed by atoms with E-state index in [2.05, 4.69) is 0 Å². The molecule has 0 bridgehead atoms. The highest BCUT2D eigenvalue weighted by Gasteiger charge is 2.33. The first-order valence-corrected chi connectivity index (χ1v) is 11.3. The normalized spacial score (nSPS) is 16.2. The molecule has 0 spiro atoms. The number of hydrogen-bond donors (Lipinski definition) is 0. The number of carbonyl (C=O) groups excluding carboxylic acids is 1. The van der Waals surface area contributed by atoms with Gasteiger partial charge >= 0.3 is 5.97 Å². The molecule has 2 aromatic rings. The number of thiophene rings is 1. The Balaban J connectivity index is 1.53. The van der Waals surface area contributed by atoms with E-state index in [1.165, 1.54) is 15.6 Å². The van der Waals surface area contributed by atoms with Crippen LogP contribution in [0.3, 0.4) is 0 Å². The van der Waals surface area contributed by atoms with E-state index in [0.29, 0.717) is 42.5 Å². The minimum Gasteiger partial charge on any atom is -0.493 e. The van der Waals surface area contributed by atoms with E-state index in [0.717, 1.165) is 5.56 Å². The Morgan fingerprint density at radius 3 is 2.59 bits per heavy atom. The van der Waals surface area contributed by atoms with Gasteiger partial charge in [-0.3, -0.25) is 4.79 Å². The molecular formula is C19H23NO5S2. The maximum absolute atomic E-state index is 12.5. The van der Waals surface area contributed by atoms with Crippen molar-refractivity contribution in [2.45, 2.75) is 30.6 Å². The molecular weight excluding hydrogens is 386 g/mol. The van der Waals surface area contributed by atoms with Crippen LogP contribution in [-0.2, 0) is 26.2 Å². The molecule has 0 amide bonds. The molecule has 3 rings (SSSR count). The van der Waals surface area contributed by atoms with Gasteiger partial charge in [0.05, 0.1) is 12.5 Å². The molecule has 2 heterocycles. The summed E-state index contributed by atoms with van der Waals surface area (Å²) in [4.78, 5) is 12.4. The number of para-hydroxylation sites is 1. The Hall–Kier alpha value is -1.90. The molecule has 0 aliphatic carbocycles. The van der Waals surface area contributed by atoms with E-state index >= 15 is 0 Å². The van der Waals surface area contributed by atoms with E-state index in [1.807, 2.05) is 31.2 Å². The molecule has 146 valence electrons. The molecule has 0 N–H and O–H groups in total. The molecule has 1 saturated heterocycles. The molecule has 1 aliphatic rings. The SMILES string of the molecule is CCOc1ccccc1COC(=O)C1CCN(S(=O)(=O)c2cccs2)CC1. The molecule has 0 unspecified atom stereocenters. The van der Waals surface area contributed by atoms with Gasteiger partial charge in [0.1, 0.15) is 16.6 Å². The summed E-state index contributed by atoms with van der Waals surface area (Å²) in [5, 5.41) is 1.75. The zero-order valence-corrected chi connectivity index (χ0v) is 16.8. The number of nitrogens with zero attached hydrogens (tertiary/aromatic N) is 1. The predicted molar refractivity (Wildman–Crippen MR) is 103 cm³/mol. The summed E-state index contributed by atoms with van der Waals surface area (Å²) in [7, 11) is -3.45. The van der Waals surface area contributed by atoms with Crippen LogP contribution in [0.2, 0.25) is 0 Å². The lowest BCUT2D eigenvalue weighted by Gasteiger charge is -2.29. The fourth-order valence-corrected chi connectivity index (χ4v) is 5.67. The quantitative estimate of drug-likeness (QED) is 0.656. The van der Waals surface area contributed by atoms with E-state index in [-0.39, 0.29) is 18.5 Å². The van der Waals surface area contributed by atoms with E-state index in [9.17, 15) is 13.2 Å². The maximum Gasteiger partial charge on any atom is 0.309 e. The highest BCUT2D eigenvalue weighted by molar-refractivity contribution is 7.91. The van der Waals surface area contributed by atoms with Crippen LogP contribution in [-0.4, -0.2) is 38.4 Å². The van der Waals surface area contributed by atoms with Crippen LogP contribution < -0.4 is 4.74 Å². The lowest BCUT2D eigenvalue weighted by Crippen LogP contribution is -2.40. The van der Waals surface area contributed by atoms with Crippen molar-refractivity contribution in [3.05, 3.63) is 47.3 Å². The Labute approximate surface area is 163 Å². The van der Waals surface area contributed by atoms with Crippen LogP contribution in [0.5, 0.6) is 5.75 Å². The second-order valence-corrected chi connectivity index (χ2v) is 9.37. The Kier molecular flexibility index (Phi) is 6.51. The van der Waals surface area contributed by atoms with E-state index in [1.54, 1.807) is 17.5 Å². The zero-order valence-electron chi connectivity index (χ0n) is 15.2. The maximum atomic E-state index is 12.5. The number of esters is 1. The third-order valence-corrected chi connectivity index (χ3v) is 7.79. The van der Waals surface area contributed by atoms with Gasteiger partial charge in [0.15, 0.2) is 0 Å². The number of rotatable bonds is 7. The van der Waals surface area contributed by atoms with Gasteiger partial charge in [-0.25, -0.2) is 8.42 Å². The average Bonchev–Trinajstić information content (AvgIpc) is 3.23. The molecule has 1 fully saturated rings. The zero-order chi connectivity index (χ0) is 19.3. The minimum absolute atomic E-state index is 0.155. The fourth-order valence-electron chi connectivity index (χ4n) is 3.06. The topological polar surface area (TPSA) is 72.9 Å². The first-order valence-electron chi connectivity index (χ1n) is 8.93. The number of carbonyl (C=O) groups is 1. The molecule has 1 aromatic carbocycles. The van der Waals surface area contributed by atoms with Crippen molar-refractivity contribution < 1.29 is 22.7 Å². The second kappa shape index (κ2) is 8.86. The van der Waals surface area contributed by atoms with Gasteiger partial charge in [0, 0.05) is 18.7 Å². The fraction of sp³-hybridized carbons (Fsp3) is 0.421. The highest BCUT2D eigenvalue weighted by Crippen LogP contribution is 2.27. The molecule has 0 atom stereocenters. The summed E-state index contributed by atoms with van der Waals surface area (Å²) < 4.78 is 37.9. The Bertz CT molecular complexity index is 856. The standard InChI is InChI=1S/C19H23NO5S2/c1-2-24-17-7-4-3-6-16(17)14-25-19(21)15-9-11-20(12-10-15)27(22,23)18-8-5-13-26-18/h3-8,13,15H,2,9-12,14H2,1H3. The molecule has 1 aromatic heterocycles. The Morgan fingerprint density at radius 1 is 1.19 bits per heavy atom. The van der Waals surface area contributed by atoms with E-state index in [4.69, 9.17) is 9.47 Å². The second-order valence-electron chi connectivity index (χ2n) is 6.26. The lowest BCUT2D eigenvalue weighted by atomic mass is 9.98. The number of sulfonamides is 1. The van der Waals surface area contributed by atoms with Crippen molar-refractivity contribution in [2.24, 2.45) is 5.92 Å². The van der Waals surface area contributed by atoms with Crippen LogP contribution in [0.15, 0.2) is 46.0 Å². The summed E-state index contributed by atoms with van der Waals surface area (Å²) in [6.45, 7) is 3.26. The van der Waals surface area contributed by atoms with Gasteiger partial charge in [0.2, 0.25) is 0 Å². The number of ether oxygens (including phenoxy) is 2. The first kappa shape index (κ1) is 19.9. The van der Waals surface area contributed by atoms with Crippen molar-refractivity contribution in [1.82, 2.24) is 4.31 Å². The van der Waals surface area contributed by atoms with Gasteiger partial charge < -0.3 is 9.47 Å². The van der Waals surface area contributed by atoms with Gasteiger partial charge in [-0.15, -0.1) is 11.3 Å². The molecule has 1 aliphatic heterocycles.